The third-order valence-electron chi connectivity index (χ3n) is 5.43. The first kappa shape index (κ1) is 22.7. The summed E-state index contributed by atoms with van der Waals surface area (Å²) < 4.78 is 10.5. The number of methoxy groups -OCH3 is 2. The monoisotopic (exact) mass is 422 g/mol. The van der Waals surface area contributed by atoms with Crippen LogP contribution in [0.4, 0.5) is 0 Å². The molecule has 0 saturated carbocycles. The summed E-state index contributed by atoms with van der Waals surface area (Å²) in [4.78, 5) is 30.4. The molecule has 0 radical (unpaired) electrons. The highest BCUT2D eigenvalue weighted by Crippen LogP contribution is 2.34. The quantitative estimate of drug-likeness (QED) is 0.551. The van der Waals surface area contributed by atoms with E-state index in [4.69, 9.17) is 9.47 Å². The summed E-state index contributed by atoms with van der Waals surface area (Å²) in [7, 11) is 3.24. The average Bonchev–Trinajstić information content (AvgIpc) is 2.99. The van der Waals surface area contributed by atoms with Crippen LogP contribution in [0.1, 0.15) is 22.3 Å². The van der Waals surface area contributed by atoms with Crippen LogP contribution in [0, 0.1) is 13.8 Å². The van der Waals surface area contributed by atoms with Gasteiger partial charge in [-0.05, 0) is 30.5 Å². The third kappa shape index (κ3) is 5.03. The van der Waals surface area contributed by atoms with Gasteiger partial charge >= 0.3 is 0 Å². The molecule has 0 bridgehead atoms. The van der Waals surface area contributed by atoms with Crippen molar-refractivity contribution in [2.45, 2.75) is 20.4 Å². The van der Waals surface area contributed by atoms with Gasteiger partial charge in [-0.25, -0.2) is 0 Å². The minimum absolute atomic E-state index is 0.235. The van der Waals surface area contributed by atoms with Gasteiger partial charge in [-0.2, -0.15) is 0 Å². The second-order valence-electron chi connectivity index (χ2n) is 7.70. The van der Waals surface area contributed by atoms with E-state index in [9.17, 15) is 9.59 Å². The van der Waals surface area contributed by atoms with Crippen molar-refractivity contribution in [2.24, 2.45) is 0 Å². The molecule has 6 heteroatoms. The molecule has 0 N–H and O–H groups in total. The maximum absolute atomic E-state index is 13.6. The van der Waals surface area contributed by atoms with Crippen LogP contribution in [0.15, 0.2) is 54.2 Å². The van der Waals surface area contributed by atoms with Crippen LogP contribution in [-0.4, -0.2) is 62.1 Å². The van der Waals surface area contributed by atoms with Gasteiger partial charge in [0, 0.05) is 27.3 Å². The Balaban J connectivity index is 2.08. The number of imide groups is 1. The van der Waals surface area contributed by atoms with Crippen LogP contribution in [0.2, 0.25) is 0 Å². The van der Waals surface area contributed by atoms with Crippen LogP contribution in [0.3, 0.4) is 0 Å². The Bertz CT molecular complexity index is 961. The highest BCUT2D eigenvalue weighted by Gasteiger charge is 2.41. The van der Waals surface area contributed by atoms with Crippen molar-refractivity contribution in [2.75, 3.05) is 40.5 Å². The van der Waals surface area contributed by atoms with Gasteiger partial charge in [-0.3, -0.25) is 14.5 Å². The van der Waals surface area contributed by atoms with Crippen LogP contribution >= 0.6 is 0 Å². The molecule has 0 aromatic heterocycles. The van der Waals surface area contributed by atoms with Crippen molar-refractivity contribution >= 4 is 17.4 Å². The predicted molar refractivity (Wildman–Crippen MR) is 120 cm³/mol. The van der Waals surface area contributed by atoms with Crippen molar-refractivity contribution in [3.8, 4) is 0 Å². The van der Waals surface area contributed by atoms with Crippen LogP contribution in [-0.2, 0) is 25.6 Å². The van der Waals surface area contributed by atoms with Gasteiger partial charge in [0.1, 0.15) is 5.70 Å². The van der Waals surface area contributed by atoms with Crippen molar-refractivity contribution in [1.29, 1.82) is 0 Å². The number of nitrogens with zero attached hydrogens (tertiary/aromatic N) is 2. The second kappa shape index (κ2) is 10.4. The summed E-state index contributed by atoms with van der Waals surface area (Å²) >= 11 is 0. The molecule has 2 aromatic carbocycles. The first-order chi connectivity index (χ1) is 15.0. The Morgan fingerprint density at radius 1 is 0.871 bits per heavy atom. The van der Waals surface area contributed by atoms with Gasteiger partial charge in [0.25, 0.3) is 11.8 Å². The van der Waals surface area contributed by atoms with Gasteiger partial charge in [0.2, 0.25) is 0 Å². The van der Waals surface area contributed by atoms with Crippen LogP contribution < -0.4 is 0 Å². The molecule has 1 aliphatic rings. The second-order valence-corrected chi connectivity index (χ2v) is 7.70. The highest BCUT2D eigenvalue weighted by atomic mass is 16.5. The number of aryl methyl sites for hydroxylation is 2. The summed E-state index contributed by atoms with van der Waals surface area (Å²) in [6.07, 6.45) is 0. The van der Waals surface area contributed by atoms with E-state index in [0.29, 0.717) is 37.6 Å². The fraction of sp³-hybridized carbons (Fsp3) is 0.360. The Kier molecular flexibility index (Phi) is 7.60. The summed E-state index contributed by atoms with van der Waals surface area (Å²) in [5.74, 6) is -0.549. The van der Waals surface area contributed by atoms with Crippen molar-refractivity contribution in [3.05, 3.63) is 76.5 Å². The lowest BCUT2D eigenvalue weighted by atomic mass is 9.97. The van der Waals surface area contributed by atoms with E-state index in [1.807, 2.05) is 67.3 Å². The lowest BCUT2D eigenvalue weighted by molar-refractivity contribution is -0.138. The number of amides is 2. The molecular weight excluding hydrogens is 392 g/mol. The Labute approximate surface area is 184 Å². The molecule has 1 aliphatic heterocycles. The number of carbonyl (C=O) groups excluding carboxylic acids is 2. The standard InChI is InChI=1S/C25H30N2O4/c1-18-10-11-21(19(2)16-18)22-23(26(12-14-30-3)13-15-31-4)25(29)27(24(22)28)17-20-8-6-5-7-9-20/h5-11,16H,12-15,17H2,1-4H3. The number of rotatable bonds is 10. The largest absolute Gasteiger partial charge is 0.383 e. The summed E-state index contributed by atoms with van der Waals surface area (Å²) in [5.41, 5.74) is 4.64. The molecule has 0 fully saturated rings. The van der Waals surface area contributed by atoms with E-state index in [1.165, 1.54) is 4.90 Å². The van der Waals surface area contributed by atoms with Gasteiger partial charge in [0.15, 0.2) is 0 Å². The number of benzene rings is 2. The molecular formula is C25H30N2O4. The molecule has 2 amide bonds. The van der Waals surface area contributed by atoms with E-state index in [2.05, 4.69) is 0 Å². The number of hydrogen-bond acceptors (Lipinski definition) is 5. The Morgan fingerprint density at radius 3 is 2.10 bits per heavy atom. The molecule has 31 heavy (non-hydrogen) atoms. The Hall–Kier alpha value is -2.96. The van der Waals surface area contributed by atoms with E-state index in [0.717, 1.165) is 22.3 Å². The Morgan fingerprint density at radius 2 is 1.52 bits per heavy atom. The number of carbonyl (C=O) groups is 2. The normalized spacial score (nSPS) is 14.0. The lowest BCUT2D eigenvalue weighted by Crippen LogP contribution is -2.37. The zero-order valence-electron chi connectivity index (χ0n) is 18.7. The molecule has 0 atom stereocenters. The molecule has 0 aliphatic carbocycles. The van der Waals surface area contributed by atoms with Crippen molar-refractivity contribution in [3.63, 3.8) is 0 Å². The number of hydrogen-bond donors (Lipinski definition) is 0. The first-order valence-corrected chi connectivity index (χ1v) is 10.4. The third-order valence-corrected chi connectivity index (χ3v) is 5.43. The zero-order chi connectivity index (χ0) is 22.4. The maximum Gasteiger partial charge on any atom is 0.278 e. The molecule has 6 nitrogen and oxygen atoms in total. The molecule has 2 aromatic rings. The van der Waals surface area contributed by atoms with Gasteiger partial charge < -0.3 is 14.4 Å². The van der Waals surface area contributed by atoms with Gasteiger partial charge in [-0.1, -0.05) is 54.1 Å². The molecule has 164 valence electrons. The fourth-order valence-corrected chi connectivity index (χ4v) is 3.84. The topological polar surface area (TPSA) is 59.1 Å². The molecule has 0 saturated heterocycles. The maximum atomic E-state index is 13.6. The summed E-state index contributed by atoms with van der Waals surface area (Å²) in [6.45, 7) is 6.07. The minimum atomic E-state index is -0.281. The average molecular weight is 423 g/mol. The van der Waals surface area contributed by atoms with E-state index < -0.39 is 0 Å². The first-order valence-electron chi connectivity index (χ1n) is 10.4. The fourth-order valence-electron chi connectivity index (χ4n) is 3.84. The predicted octanol–water partition coefficient (Wildman–Crippen LogP) is 3.18. The van der Waals surface area contributed by atoms with Crippen molar-refractivity contribution in [1.82, 2.24) is 9.80 Å². The van der Waals surface area contributed by atoms with Gasteiger partial charge in [0.05, 0.1) is 25.3 Å². The molecule has 1 heterocycles. The zero-order valence-corrected chi connectivity index (χ0v) is 18.7. The van der Waals surface area contributed by atoms with Crippen LogP contribution in [0.25, 0.3) is 5.57 Å². The molecule has 0 unspecified atom stereocenters. The summed E-state index contributed by atoms with van der Waals surface area (Å²) in [5, 5.41) is 0. The number of ether oxygens (including phenoxy) is 2. The SMILES string of the molecule is COCCN(CCOC)C1=C(c2ccc(C)cc2C)C(=O)N(Cc2ccccc2)C1=O. The van der Waals surface area contributed by atoms with E-state index in [1.54, 1.807) is 14.2 Å². The smallest absolute Gasteiger partial charge is 0.278 e. The highest BCUT2D eigenvalue weighted by molar-refractivity contribution is 6.35. The van der Waals surface area contributed by atoms with E-state index >= 15 is 0 Å². The van der Waals surface area contributed by atoms with Crippen LogP contribution in [0.5, 0.6) is 0 Å². The molecule has 0 spiro atoms. The lowest BCUT2D eigenvalue weighted by Gasteiger charge is -2.26. The van der Waals surface area contributed by atoms with E-state index in [-0.39, 0.29) is 18.4 Å². The minimum Gasteiger partial charge on any atom is -0.383 e. The summed E-state index contributed by atoms with van der Waals surface area (Å²) in [6, 6.07) is 15.5. The molecule has 3 rings (SSSR count). The van der Waals surface area contributed by atoms with Crippen molar-refractivity contribution < 1.29 is 19.1 Å². The van der Waals surface area contributed by atoms with Gasteiger partial charge in [-0.15, -0.1) is 0 Å².